The van der Waals surface area contributed by atoms with Crippen molar-refractivity contribution in [2.45, 2.75) is 23.8 Å². The fourth-order valence-electron chi connectivity index (χ4n) is 1.45. The molecule has 0 aliphatic carbocycles. The minimum Gasteiger partial charge on any atom is -0.549 e. The van der Waals surface area contributed by atoms with Crippen LogP contribution in [-0.4, -0.2) is 21.2 Å². The zero-order chi connectivity index (χ0) is 12.4. The molecular formula is C11H10BrN2O2S-. The minimum absolute atomic E-state index is 0.508. The van der Waals surface area contributed by atoms with Crippen LogP contribution in [0.5, 0.6) is 0 Å². The average molecular weight is 314 g/mol. The number of nitrogens with zero attached hydrogens (tertiary/aromatic N) is 1. The van der Waals surface area contributed by atoms with E-state index in [2.05, 4.69) is 25.9 Å². The Balaban J connectivity index is 2.27. The van der Waals surface area contributed by atoms with Gasteiger partial charge in [-0.25, -0.2) is 4.98 Å². The molecule has 1 heterocycles. The highest BCUT2D eigenvalue weighted by molar-refractivity contribution is 9.10. The second kappa shape index (κ2) is 5.10. The molecule has 0 aliphatic heterocycles. The number of hydrogen-bond donors (Lipinski definition) is 1. The first-order chi connectivity index (χ1) is 8.10. The van der Waals surface area contributed by atoms with Crippen LogP contribution in [0.3, 0.4) is 0 Å². The van der Waals surface area contributed by atoms with Crippen molar-refractivity contribution in [3.8, 4) is 0 Å². The molecule has 0 amide bonds. The van der Waals surface area contributed by atoms with Crippen LogP contribution in [0.2, 0.25) is 0 Å². The maximum Gasteiger partial charge on any atom is 0.167 e. The third-order valence-electron chi connectivity index (χ3n) is 2.31. The summed E-state index contributed by atoms with van der Waals surface area (Å²) in [6.07, 6.45) is 0.508. The van der Waals surface area contributed by atoms with Crippen LogP contribution < -0.4 is 5.11 Å². The lowest BCUT2D eigenvalue weighted by Gasteiger charge is -2.12. The first-order valence-electron chi connectivity index (χ1n) is 5.13. The number of nitrogens with one attached hydrogen (secondary N) is 1. The molecule has 1 atom stereocenters. The Hall–Kier alpha value is -1.01. The monoisotopic (exact) mass is 313 g/mol. The highest BCUT2D eigenvalue weighted by Crippen LogP contribution is 2.26. The van der Waals surface area contributed by atoms with E-state index in [1.165, 1.54) is 11.8 Å². The van der Waals surface area contributed by atoms with Gasteiger partial charge in [0.25, 0.3) is 0 Å². The Morgan fingerprint density at radius 1 is 1.65 bits per heavy atom. The van der Waals surface area contributed by atoms with Crippen molar-refractivity contribution in [1.29, 1.82) is 0 Å². The summed E-state index contributed by atoms with van der Waals surface area (Å²) >= 11 is 4.56. The number of carboxylic acids is 1. The van der Waals surface area contributed by atoms with E-state index in [1.54, 1.807) is 0 Å². The molecule has 6 heteroatoms. The number of aliphatic carboxylic acids is 1. The number of benzene rings is 1. The topological polar surface area (TPSA) is 68.8 Å². The fourth-order valence-corrected chi connectivity index (χ4v) is 2.66. The molecule has 0 unspecified atom stereocenters. The van der Waals surface area contributed by atoms with Crippen molar-refractivity contribution < 1.29 is 9.90 Å². The van der Waals surface area contributed by atoms with Gasteiger partial charge in [-0.05, 0) is 24.6 Å². The molecule has 90 valence electrons. The zero-order valence-electron chi connectivity index (χ0n) is 9.07. The molecule has 0 radical (unpaired) electrons. The lowest BCUT2D eigenvalue weighted by molar-refractivity contribution is -0.304. The third-order valence-corrected chi connectivity index (χ3v) is 4.03. The van der Waals surface area contributed by atoms with Crippen molar-refractivity contribution in [2.24, 2.45) is 0 Å². The van der Waals surface area contributed by atoms with E-state index >= 15 is 0 Å². The number of H-pyrrole nitrogens is 1. The normalized spacial score (nSPS) is 12.8. The van der Waals surface area contributed by atoms with Crippen molar-refractivity contribution >= 4 is 44.7 Å². The molecule has 0 aliphatic rings. The lowest BCUT2D eigenvalue weighted by Crippen LogP contribution is -2.33. The molecule has 0 spiro atoms. The second-order valence-electron chi connectivity index (χ2n) is 3.54. The van der Waals surface area contributed by atoms with Crippen molar-refractivity contribution in [3.63, 3.8) is 0 Å². The highest BCUT2D eigenvalue weighted by atomic mass is 79.9. The number of hydrogen-bond acceptors (Lipinski definition) is 4. The van der Waals surface area contributed by atoms with Crippen molar-refractivity contribution in [1.82, 2.24) is 9.97 Å². The summed E-state index contributed by atoms with van der Waals surface area (Å²) in [4.78, 5) is 18.2. The summed E-state index contributed by atoms with van der Waals surface area (Å²) in [6.45, 7) is 1.81. The predicted octanol–water partition coefficient (Wildman–Crippen LogP) is 1.95. The zero-order valence-corrected chi connectivity index (χ0v) is 11.5. The number of carbonyl (C=O) groups excluding carboxylic acids is 1. The summed E-state index contributed by atoms with van der Waals surface area (Å²) in [6, 6.07) is 5.68. The average Bonchev–Trinajstić information content (AvgIpc) is 2.66. The predicted molar refractivity (Wildman–Crippen MR) is 68.7 cm³/mol. The molecule has 17 heavy (non-hydrogen) atoms. The number of aromatic amines is 1. The number of thioether (sulfide) groups is 1. The van der Waals surface area contributed by atoms with Gasteiger partial charge in [0.1, 0.15) is 0 Å². The molecule has 2 aromatic rings. The first-order valence-corrected chi connectivity index (χ1v) is 6.80. The summed E-state index contributed by atoms with van der Waals surface area (Å²) < 4.78 is 0.956. The molecule has 0 fully saturated rings. The first kappa shape index (κ1) is 12.4. The molecule has 1 N–H and O–H groups in total. The number of carbonyl (C=O) groups is 1. The van der Waals surface area contributed by atoms with Gasteiger partial charge in [-0.2, -0.15) is 0 Å². The number of fused-ring (bicyclic) bond motifs is 1. The van der Waals surface area contributed by atoms with Crippen LogP contribution in [0, 0.1) is 0 Å². The van der Waals surface area contributed by atoms with E-state index in [0.29, 0.717) is 11.6 Å². The van der Waals surface area contributed by atoms with Crippen LogP contribution in [0.4, 0.5) is 0 Å². The van der Waals surface area contributed by atoms with E-state index in [-0.39, 0.29) is 0 Å². The minimum atomic E-state index is -1.06. The summed E-state index contributed by atoms with van der Waals surface area (Å²) in [5.41, 5.74) is 1.71. The van der Waals surface area contributed by atoms with Gasteiger partial charge in [0.15, 0.2) is 5.16 Å². The number of halogens is 1. The summed E-state index contributed by atoms with van der Waals surface area (Å²) in [7, 11) is 0. The Kier molecular flexibility index (Phi) is 3.73. The van der Waals surface area contributed by atoms with Crippen LogP contribution >= 0.6 is 27.7 Å². The molecule has 4 nitrogen and oxygen atoms in total. The van der Waals surface area contributed by atoms with E-state index in [0.717, 1.165) is 15.5 Å². The van der Waals surface area contributed by atoms with Crippen LogP contribution in [0.25, 0.3) is 11.0 Å². The fraction of sp³-hybridized carbons (Fsp3) is 0.273. The van der Waals surface area contributed by atoms with Crippen molar-refractivity contribution in [2.75, 3.05) is 0 Å². The molecule has 0 saturated heterocycles. The summed E-state index contributed by atoms with van der Waals surface area (Å²) in [5, 5.41) is 10.9. The Labute approximate surface area is 111 Å². The molecule has 1 aromatic heterocycles. The van der Waals surface area contributed by atoms with Crippen molar-refractivity contribution in [3.05, 3.63) is 22.7 Å². The summed E-state index contributed by atoms with van der Waals surface area (Å²) in [5.74, 6) is -1.06. The van der Waals surface area contributed by atoms with Crippen LogP contribution in [-0.2, 0) is 4.79 Å². The highest BCUT2D eigenvalue weighted by Gasteiger charge is 2.12. The largest absolute Gasteiger partial charge is 0.549 e. The maximum atomic E-state index is 10.8. The third kappa shape index (κ3) is 2.81. The van der Waals surface area contributed by atoms with Gasteiger partial charge in [0, 0.05) is 4.47 Å². The van der Waals surface area contributed by atoms with Gasteiger partial charge in [-0.1, -0.05) is 34.6 Å². The van der Waals surface area contributed by atoms with E-state index in [9.17, 15) is 9.90 Å². The van der Waals surface area contributed by atoms with Crippen LogP contribution in [0.1, 0.15) is 13.3 Å². The molecule has 0 saturated carbocycles. The van der Waals surface area contributed by atoms with Gasteiger partial charge in [-0.3, -0.25) is 0 Å². The smallest absolute Gasteiger partial charge is 0.167 e. The quantitative estimate of drug-likeness (QED) is 0.876. The standard InChI is InChI=1S/C11H11BrN2O2S/c1-2-9(10(15)16)17-11-13-7-4-3-6(12)5-8(7)14-11/h3-5,9H,2H2,1H3,(H,13,14)(H,15,16)/p-1/t9-/m1/s1. The van der Waals surface area contributed by atoms with Gasteiger partial charge in [0.05, 0.1) is 22.3 Å². The molecular weight excluding hydrogens is 304 g/mol. The number of aromatic nitrogens is 2. The Morgan fingerprint density at radius 2 is 2.41 bits per heavy atom. The van der Waals surface area contributed by atoms with Gasteiger partial charge < -0.3 is 14.9 Å². The van der Waals surface area contributed by atoms with E-state index in [1.807, 2.05) is 25.1 Å². The van der Waals surface area contributed by atoms with Gasteiger partial charge in [-0.15, -0.1) is 0 Å². The maximum absolute atomic E-state index is 10.8. The molecule has 0 bridgehead atoms. The Morgan fingerprint density at radius 3 is 3.06 bits per heavy atom. The van der Waals surface area contributed by atoms with E-state index < -0.39 is 11.2 Å². The lowest BCUT2D eigenvalue weighted by atomic mass is 10.3. The van der Waals surface area contributed by atoms with E-state index in [4.69, 9.17) is 0 Å². The number of carboxylic acid groups (broad SMARTS) is 1. The van der Waals surface area contributed by atoms with Gasteiger partial charge >= 0.3 is 0 Å². The SMILES string of the molecule is CC[C@@H](Sc1nc2ccc(Br)cc2[nH]1)C(=O)[O-]. The second-order valence-corrected chi connectivity index (χ2v) is 5.64. The van der Waals surface area contributed by atoms with Gasteiger partial charge in [0.2, 0.25) is 0 Å². The van der Waals surface area contributed by atoms with Crippen LogP contribution in [0.15, 0.2) is 27.8 Å². The molecule has 2 rings (SSSR count). The molecule has 1 aromatic carbocycles. The Bertz CT molecular complexity index is 555. The number of imidazole rings is 1. The number of rotatable bonds is 4.